The van der Waals surface area contributed by atoms with Gasteiger partial charge in [0.15, 0.2) is 0 Å². The lowest BCUT2D eigenvalue weighted by Crippen LogP contribution is -2.14. The molecule has 1 aliphatic rings. The topological polar surface area (TPSA) is 3.24 Å². The van der Waals surface area contributed by atoms with Crippen LogP contribution >= 0.6 is 0 Å². The van der Waals surface area contributed by atoms with Crippen LogP contribution in [0.15, 0.2) is 206 Å². The van der Waals surface area contributed by atoms with Crippen molar-refractivity contribution in [2.24, 2.45) is 0 Å². The van der Waals surface area contributed by atoms with Crippen molar-refractivity contribution in [2.45, 2.75) is 38.0 Å². The van der Waals surface area contributed by atoms with Crippen molar-refractivity contribution in [2.75, 3.05) is 4.90 Å². The van der Waals surface area contributed by atoms with Crippen molar-refractivity contribution in [1.29, 1.82) is 0 Å². The van der Waals surface area contributed by atoms with Crippen molar-refractivity contribution in [3.8, 4) is 44.5 Å². The summed E-state index contributed by atoms with van der Waals surface area (Å²) in [6, 6.07) is 76.1. The van der Waals surface area contributed by atoms with E-state index in [1.165, 1.54) is 104 Å². The molecular formula is C56H45N. The van der Waals surface area contributed by atoms with Crippen molar-refractivity contribution in [1.82, 2.24) is 0 Å². The molecule has 0 atom stereocenters. The zero-order valence-electron chi connectivity index (χ0n) is 32.2. The minimum Gasteiger partial charge on any atom is -0.309 e. The summed E-state index contributed by atoms with van der Waals surface area (Å²) in [5.41, 5.74) is 14.6. The second-order valence-corrected chi connectivity index (χ2v) is 15.4. The lowest BCUT2D eigenvalue weighted by Gasteiger charge is -2.32. The van der Waals surface area contributed by atoms with Crippen LogP contribution in [0.3, 0.4) is 0 Å². The minimum absolute atomic E-state index is 0.577. The lowest BCUT2D eigenvalue weighted by atomic mass is 9.80. The summed E-state index contributed by atoms with van der Waals surface area (Å²) in [6.07, 6.45) is 6.47. The number of rotatable bonds is 8. The maximum Gasteiger partial charge on any atom is 0.0546 e. The third-order valence-electron chi connectivity index (χ3n) is 12.1. The molecule has 0 saturated heterocycles. The molecule has 1 heteroatoms. The predicted molar refractivity (Wildman–Crippen MR) is 244 cm³/mol. The van der Waals surface area contributed by atoms with Gasteiger partial charge in [-0.1, -0.05) is 207 Å². The first-order valence-corrected chi connectivity index (χ1v) is 20.5. The molecule has 0 radical (unpaired) electrons. The Labute approximate surface area is 336 Å². The average Bonchev–Trinajstić information content (AvgIpc) is 3.30. The number of anilines is 3. The smallest absolute Gasteiger partial charge is 0.0546 e. The van der Waals surface area contributed by atoms with Crippen molar-refractivity contribution in [3.63, 3.8) is 0 Å². The predicted octanol–water partition coefficient (Wildman–Crippen LogP) is 16.2. The molecule has 1 fully saturated rings. The van der Waals surface area contributed by atoms with Crippen LogP contribution in [-0.4, -0.2) is 0 Å². The Morgan fingerprint density at radius 2 is 0.860 bits per heavy atom. The zero-order valence-corrected chi connectivity index (χ0v) is 32.2. The fourth-order valence-electron chi connectivity index (χ4n) is 9.39. The highest BCUT2D eigenvalue weighted by Gasteiger charge is 2.26. The number of fused-ring (bicyclic) bond motifs is 2. The lowest BCUT2D eigenvalue weighted by molar-refractivity contribution is 0.445. The number of hydrogen-bond donors (Lipinski definition) is 0. The molecule has 0 N–H and O–H groups in total. The standard InChI is InChI=1S/C56H45N/c1-4-19-41(20-5-1)48-30-12-14-35-53(48)57(54-36-15-13-31-51(54)52-34-18-28-44-27-17-33-50(56(44)52)43-23-8-3-9-24-43)55-39-45(37-38-49(55)42-21-6-2-7-22-42)47-32-16-26-40-25-10-11-29-46(40)47/h1-2,4-7,10-22,25-39,43H,3,8-9,23-24H2. The first kappa shape index (κ1) is 34.8. The van der Waals surface area contributed by atoms with Crippen molar-refractivity contribution < 1.29 is 0 Å². The Kier molecular flexibility index (Phi) is 9.42. The second kappa shape index (κ2) is 15.4. The van der Waals surface area contributed by atoms with Gasteiger partial charge in [-0.05, 0) is 91.9 Å². The highest BCUT2D eigenvalue weighted by Crippen LogP contribution is 2.50. The highest BCUT2D eigenvalue weighted by molar-refractivity contribution is 6.06. The van der Waals surface area contributed by atoms with Gasteiger partial charge in [-0.2, -0.15) is 0 Å². The second-order valence-electron chi connectivity index (χ2n) is 15.4. The molecule has 0 bridgehead atoms. The molecule has 1 aliphatic carbocycles. The fourth-order valence-corrected chi connectivity index (χ4v) is 9.39. The number of nitrogens with zero attached hydrogens (tertiary/aromatic N) is 1. The van der Waals surface area contributed by atoms with Gasteiger partial charge in [0.05, 0.1) is 17.1 Å². The molecule has 0 spiro atoms. The summed E-state index contributed by atoms with van der Waals surface area (Å²) < 4.78 is 0. The van der Waals surface area contributed by atoms with Crippen LogP contribution in [0.4, 0.5) is 17.1 Å². The fraction of sp³-hybridized carbons (Fsp3) is 0.107. The summed E-state index contributed by atoms with van der Waals surface area (Å²) in [4.78, 5) is 2.55. The highest BCUT2D eigenvalue weighted by atomic mass is 15.1. The Morgan fingerprint density at radius 3 is 1.60 bits per heavy atom. The molecule has 9 aromatic rings. The van der Waals surface area contributed by atoms with E-state index in [4.69, 9.17) is 0 Å². The molecule has 274 valence electrons. The molecule has 0 amide bonds. The molecule has 9 aromatic carbocycles. The van der Waals surface area contributed by atoms with Crippen LogP contribution in [0.25, 0.3) is 66.1 Å². The average molecular weight is 732 g/mol. The van der Waals surface area contributed by atoms with Crippen LogP contribution in [0.5, 0.6) is 0 Å². The summed E-state index contributed by atoms with van der Waals surface area (Å²) in [5, 5.41) is 5.19. The Morgan fingerprint density at radius 1 is 0.333 bits per heavy atom. The van der Waals surface area contributed by atoms with Crippen LogP contribution in [0.2, 0.25) is 0 Å². The SMILES string of the molecule is c1ccc(-c2ccccc2N(c2cc(-c3cccc4ccccc34)ccc2-c2ccccc2)c2ccccc2-c2cccc3cccc(C4CCCCC4)c23)cc1. The van der Waals surface area contributed by atoms with Crippen LogP contribution in [-0.2, 0) is 0 Å². The maximum absolute atomic E-state index is 2.55. The van der Waals surface area contributed by atoms with E-state index in [1.54, 1.807) is 0 Å². The van der Waals surface area contributed by atoms with E-state index in [2.05, 4.69) is 211 Å². The molecule has 0 aliphatic heterocycles. The molecule has 1 saturated carbocycles. The molecule has 1 nitrogen and oxygen atoms in total. The number of benzene rings is 9. The first-order chi connectivity index (χ1) is 28.3. The van der Waals surface area contributed by atoms with Crippen molar-refractivity contribution >= 4 is 38.6 Å². The van der Waals surface area contributed by atoms with Gasteiger partial charge in [0.2, 0.25) is 0 Å². The quantitative estimate of drug-likeness (QED) is 0.150. The summed E-state index contributed by atoms with van der Waals surface area (Å²) in [7, 11) is 0. The van der Waals surface area contributed by atoms with Gasteiger partial charge in [0, 0.05) is 16.7 Å². The Balaban J connectivity index is 1.29. The first-order valence-electron chi connectivity index (χ1n) is 20.5. The summed E-state index contributed by atoms with van der Waals surface area (Å²) >= 11 is 0. The zero-order chi connectivity index (χ0) is 38.0. The summed E-state index contributed by atoms with van der Waals surface area (Å²) in [5.74, 6) is 0.577. The third kappa shape index (κ3) is 6.60. The van der Waals surface area contributed by atoms with Gasteiger partial charge in [0.1, 0.15) is 0 Å². The van der Waals surface area contributed by atoms with E-state index in [9.17, 15) is 0 Å². The maximum atomic E-state index is 2.55. The normalized spacial score (nSPS) is 13.2. The van der Waals surface area contributed by atoms with Crippen molar-refractivity contribution in [3.05, 3.63) is 212 Å². The van der Waals surface area contributed by atoms with Gasteiger partial charge in [-0.3, -0.25) is 0 Å². The van der Waals surface area contributed by atoms with E-state index in [-0.39, 0.29) is 0 Å². The van der Waals surface area contributed by atoms with Gasteiger partial charge in [-0.15, -0.1) is 0 Å². The molecule has 57 heavy (non-hydrogen) atoms. The van der Waals surface area contributed by atoms with Gasteiger partial charge < -0.3 is 4.90 Å². The molecule has 0 unspecified atom stereocenters. The van der Waals surface area contributed by atoms with Crippen LogP contribution in [0, 0.1) is 0 Å². The van der Waals surface area contributed by atoms with E-state index in [0.29, 0.717) is 5.92 Å². The van der Waals surface area contributed by atoms with E-state index in [1.807, 2.05) is 0 Å². The van der Waals surface area contributed by atoms with Gasteiger partial charge in [0.25, 0.3) is 0 Å². The number of hydrogen-bond acceptors (Lipinski definition) is 1. The Hall–Kier alpha value is -6.70. The third-order valence-corrected chi connectivity index (χ3v) is 12.1. The van der Waals surface area contributed by atoms with Crippen LogP contribution in [0.1, 0.15) is 43.6 Å². The molecule has 0 aromatic heterocycles. The van der Waals surface area contributed by atoms with Gasteiger partial charge in [-0.25, -0.2) is 0 Å². The van der Waals surface area contributed by atoms with E-state index >= 15 is 0 Å². The monoisotopic (exact) mass is 731 g/mol. The molecule has 0 heterocycles. The van der Waals surface area contributed by atoms with Gasteiger partial charge >= 0.3 is 0 Å². The Bertz CT molecular complexity index is 2820. The number of para-hydroxylation sites is 2. The van der Waals surface area contributed by atoms with E-state index < -0.39 is 0 Å². The minimum atomic E-state index is 0.577. The largest absolute Gasteiger partial charge is 0.309 e. The van der Waals surface area contributed by atoms with E-state index in [0.717, 1.165) is 17.1 Å². The summed E-state index contributed by atoms with van der Waals surface area (Å²) in [6.45, 7) is 0. The molecule has 10 rings (SSSR count). The van der Waals surface area contributed by atoms with Crippen LogP contribution < -0.4 is 4.90 Å². The molecular weight excluding hydrogens is 687 g/mol.